The number of benzene rings is 1. The number of rotatable bonds is 2. The van der Waals surface area contributed by atoms with Crippen molar-refractivity contribution in [3.05, 3.63) is 52.8 Å². The number of hydrogen-bond acceptors (Lipinski definition) is 2. The summed E-state index contributed by atoms with van der Waals surface area (Å²) in [6.07, 6.45) is 3.56. The summed E-state index contributed by atoms with van der Waals surface area (Å²) in [5.74, 6) is 0. The summed E-state index contributed by atoms with van der Waals surface area (Å²) < 4.78 is 1.70. The van der Waals surface area contributed by atoms with Crippen LogP contribution >= 0.6 is 0 Å². The Morgan fingerprint density at radius 1 is 1.29 bits per heavy atom. The molecule has 0 aliphatic heterocycles. The van der Waals surface area contributed by atoms with E-state index in [1.54, 1.807) is 10.9 Å². The van der Waals surface area contributed by atoms with Crippen LogP contribution in [-0.4, -0.2) is 14.9 Å². The lowest BCUT2D eigenvalue weighted by Crippen LogP contribution is -2.23. The Morgan fingerprint density at radius 2 is 2.00 bits per heavy atom. The second-order valence-electron chi connectivity index (χ2n) is 4.79. The molecule has 3 nitrogen and oxygen atoms in total. The maximum atomic E-state index is 10.7. The molecule has 1 heterocycles. The van der Waals surface area contributed by atoms with E-state index in [1.165, 1.54) is 0 Å². The van der Waals surface area contributed by atoms with E-state index in [4.69, 9.17) is 0 Å². The van der Waals surface area contributed by atoms with Gasteiger partial charge in [0.1, 0.15) is 5.60 Å². The fourth-order valence-electron chi connectivity index (χ4n) is 2.09. The number of nitrogens with zero attached hydrogens (tertiary/aromatic N) is 2. The van der Waals surface area contributed by atoms with Crippen LogP contribution in [-0.2, 0) is 12.6 Å². The first-order valence-corrected chi connectivity index (χ1v) is 5.70. The molecule has 0 spiro atoms. The molecule has 0 aliphatic carbocycles. The van der Waals surface area contributed by atoms with Crippen molar-refractivity contribution >= 4 is 0 Å². The maximum Gasteiger partial charge on any atom is 0.115 e. The van der Waals surface area contributed by atoms with Crippen LogP contribution in [0.15, 0.2) is 30.6 Å². The molecule has 0 amide bonds. The van der Waals surface area contributed by atoms with Gasteiger partial charge in [-0.05, 0) is 31.9 Å². The zero-order chi connectivity index (χ0) is 12.6. The predicted octanol–water partition coefficient (Wildman–Crippen LogP) is 2.29. The van der Waals surface area contributed by atoms with Gasteiger partial charge in [0.15, 0.2) is 0 Å². The predicted molar refractivity (Wildman–Crippen MR) is 67.8 cm³/mol. The molecule has 2 aromatic rings. The van der Waals surface area contributed by atoms with E-state index >= 15 is 0 Å². The highest BCUT2D eigenvalue weighted by molar-refractivity contribution is 5.40. The Bertz CT molecular complexity index is 541. The highest BCUT2D eigenvalue weighted by atomic mass is 16.3. The maximum absolute atomic E-state index is 10.7. The van der Waals surface area contributed by atoms with Crippen LogP contribution in [0, 0.1) is 13.8 Å². The van der Waals surface area contributed by atoms with Gasteiger partial charge in [-0.3, -0.25) is 4.68 Å². The monoisotopic (exact) mass is 230 g/mol. The van der Waals surface area contributed by atoms with Crippen LogP contribution in [0.25, 0.3) is 0 Å². The molecule has 1 aromatic heterocycles. The molecular formula is C14H18N2O. The summed E-state index contributed by atoms with van der Waals surface area (Å²) in [4.78, 5) is 0. The minimum atomic E-state index is -0.996. The number of hydrogen-bond donors (Lipinski definition) is 1. The lowest BCUT2D eigenvalue weighted by atomic mass is 9.86. The SMILES string of the molecule is Cc1ccc(C)c(C(C)(O)c2cnn(C)c2)c1. The lowest BCUT2D eigenvalue weighted by molar-refractivity contribution is 0.101. The van der Waals surface area contributed by atoms with Gasteiger partial charge >= 0.3 is 0 Å². The number of aryl methyl sites for hydroxylation is 3. The van der Waals surface area contributed by atoms with Crippen LogP contribution in [0.2, 0.25) is 0 Å². The molecule has 1 N–H and O–H groups in total. The summed E-state index contributed by atoms with van der Waals surface area (Å²) in [6.45, 7) is 5.85. The van der Waals surface area contributed by atoms with E-state index in [2.05, 4.69) is 11.2 Å². The molecule has 90 valence electrons. The van der Waals surface area contributed by atoms with Gasteiger partial charge < -0.3 is 5.11 Å². The van der Waals surface area contributed by atoms with E-state index in [0.29, 0.717) is 0 Å². The quantitative estimate of drug-likeness (QED) is 0.859. The van der Waals surface area contributed by atoms with Gasteiger partial charge in [0.05, 0.1) is 6.20 Å². The van der Waals surface area contributed by atoms with Crippen molar-refractivity contribution in [3.8, 4) is 0 Å². The van der Waals surface area contributed by atoms with Crippen molar-refractivity contribution in [1.29, 1.82) is 0 Å². The summed E-state index contributed by atoms with van der Waals surface area (Å²) in [5.41, 5.74) is 2.99. The van der Waals surface area contributed by atoms with Crippen LogP contribution in [0.3, 0.4) is 0 Å². The van der Waals surface area contributed by atoms with Gasteiger partial charge in [0.2, 0.25) is 0 Å². The van der Waals surface area contributed by atoms with E-state index in [9.17, 15) is 5.11 Å². The average molecular weight is 230 g/mol. The smallest absolute Gasteiger partial charge is 0.115 e. The molecule has 17 heavy (non-hydrogen) atoms. The van der Waals surface area contributed by atoms with Crippen molar-refractivity contribution in [2.24, 2.45) is 7.05 Å². The molecule has 3 heteroatoms. The normalized spacial score (nSPS) is 14.6. The number of aromatic nitrogens is 2. The zero-order valence-corrected chi connectivity index (χ0v) is 10.7. The fraction of sp³-hybridized carbons (Fsp3) is 0.357. The fourth-order valence-corrected chi connectivity index (χ4v) is 2.09. The van der Waals surface area contributed by atoms with Crippen molar-refractivity contribution in [2.75, 3.05) is 0 Å². The van der Waals surface area contributed by atoms with Crippen LogP contribution in [0.5, 0.6) is 0 Å². The average Bonchev–Trinajstić information content (AvgIpc) is 2.69. The Morgan fingerprint density at radius 3 is 2.59 bits per heavy atom. The molecule has 0 saturated heterocycles. The summed E-state index contributed by atoms with van der Waals surface area (Å²) in [7, 11) is 1.85. The van der Waals surface area contributed by atoms with Crippen molar-refractivity contribution in [3.63, 3.8) is 0 Å². The molecule has 1 unspecified atom stereocenters. The Hall–Kier alpha value is -1.61. The third-order valence-electron chi connectivity index (χ3n) is 3.18. The standard InChI is InChI=1S/C14H18N2O/c1-10-5-6-11(2)13(7-10)14(3,17)12-8-15-16(4)9-12/h5-9,17H,1-4H3. The van der Waals surface area contributed by atoms with Crippen molar-refractivity contribution < 1.29 is 5.11 Å². The molecule has 0 bridgehead atoms. The highest BCUT2D eigenvalue weighted by Gasteiger charge is 2.28. The van der Waals surface area contributed by atoms with Gasteiger partial charge in [0.25, 0.3) is 0 Å². The highest BCUT2D eigenvalue weighted by Crippen LogP contribution is 2.31. The third kappa shape index (κ3) is 2.11. The lowest BCUT2D eigenvalue weighted by Gasteiger charge is -2.25. The van der Waals surface area contributed by atoms with E-state index in [0.717, 1.165) is 22.3 Å². The van der Waals surface area contributed by atoms with Gasteiger partial charge in [-0.1, -0.05) is 23.8 Å². The Balaban J connectivity index is 2.54. The second-order valence-corrected chi connectivity index (χ2v) is 4.79. The first-order valence-electron chi connectivity index (χ1n) is 5.70. The summed E-state index contributed by atoms with van der Waals surface area (Å²) in [5, 5.41) is 14.8. The third-order valence-corrected chi connectivity index (χ3v) is 3.18. The van der Waals surface area contributed by atoms with Crippen molar-refractivity contribution in [2.45, 2.75) is 26.4 Å². The molecular weight excluding hydrogens is 212 g/mol. The molecule has 1 aromatic carbocycles. The molecule has 0 saturated carbocycles. The largest absolute Gasteiger partial charge is 0.381 e. The van der Waals surface area contributed by atoms with Gasteiger partial charge in [-0.15, -0.1) is 0 Å². The molecule has 0 fully saturated rings. The van der Waals surface area contributed by atoms with Gasteiger partial charge in [0, 0.05) is 18.8 Å². The second kappa shape index (κ2) is 4.00. The minimum absolute atomic E-state index is 0.814. The van der Waals surface area contributed by atoms with E-state index in [1.807, 2.05) is 46.1 Å². The zero-order valence-electron chi connectivity index (χ0n) is 10.7. The topological polar surface area (TPSA) is 38.1 Å². The molecule has 2 rings (SSSR count). The number of aliphatic hydroxyl groups is 1. The van der Waals surface area contributed by atoms with E-state index < -0.39 is 5.60 Å². The first-order chi connectivity index (χ1) is 7.91. The molecule has 0 radical (unpaired) electrons. The first kappa shape index (κ1) is 11.9. The Kier molecular flexibility index (Phi) is 2.79. The van der Waals surface area contributed by atoms with Crippen LogP contribution in [0.1, 0.15) is 29.2 Å². The van der Waals surface area contributed by atoms with Gasteiger partial charge in [-0.2, -0.15) is 5.10 Å². The molecule has 0 aliphatic rings. The Labute approximate surface area is 102 Å². The molecule has 1 atom stereocenters. The van der Waals surface area contributed by atoms with E-state index in [-0.39, 0.29) is 0 Å². The summed E-state index contributed by atoms with van der Waals surface area (Å²) in [6, 6.07) is 6.12. The van der Waals surface area contributed by atoms with Gasteiger partial charge in [-0.25, -0.2) is 0 Å². The van der Waals surface area contributed by atoms with Crippen LogP contribution < -0.4 is 0 Å². The summed E-state index contributed by atoms with van der Waals surface area (Å²) >= 11 is 0. The minimum Gasteiger partial charge on any atom is -0.381 e. The van der Waals surface area contributed by atoms with Crippen LogP contribution in [0.4, 0.5) is 0 Å². The van der Waals surface area contributed by atoms with Crippen molar-refractivity contribution in [1.82, 2.24) is 9.78 Å².